The summed E-state index contributed by atoms with van der Waals surface area (Å²) in [5.74, 6) is 0. The van der Waals surface area contributed by atoms with E-state index in [0.717, 1.165) is 19.3 Å². The van der Waals surface area contributed by atoms with Gasteiger partial charge in [-0.3, -0.25) is 5.10 Å². The number of H-pyrrole nitrogens is 1. The molecule has 1 atom stereocenters. The molecule has 0 amide bonds. The van der Waals surface area contributed by atoms with Crippen molar-refractivity contribution in [2.24, 2.45) is 5.41 Å². The zero-order chi connectivity index (χ0) is 14.3. The van der Waals surface area contributed by atoms with Gasteiger partial charge in [-0.05, 0) is 25.2 Å². The van der Waals surface area contributed by atoms with Crippen molar-refractivity contribution in [3.63, 3.8) is 0 Å². The third-order valence-corrected chi connectivity index (χ3v) is 5.44. The Labute approximate surface area is 113 Å². The van der Waals surface area contributed by atoms with E-state index in [1.807, 2.05) is 0 Å². The maximum absolute atomic E-state index is 12.4. The van der Waals surface area contributed by atoms with Crippen LogP contribution < -0.4 is 4.72 Å². The number of hydrogen-bond donors (Lipinski definition) is 3. The predicted octanol–water partition coefficient (Wildman–Crippen LogP) is 1.07. The normalized spacial score (nSPS) is 22.8. The van der Waals surface area contributed by atoms with Crippen LogP contribution in [0.2, 0.25) is 0 Å². The van der Waals surface area contributed by atoms with Crippen molar-refractivity contribution in [3.8, 4) is 0 Å². The number of aliphatic hydroxyl groups excluding tert-OH is 1. The average Bonchev–Trinajstić information content (AvgIpc) is 2.82. The van der Waals surface area contributed by atoms with Crippen molar-refractivity contribution in [2.45, 2.75) is 57.7 Å². The van der Waals surface area contributed by atoms with E-state index in [2.05, 4.69) is 28.8 Å². The molecule has 1 fully saturated rings. The molecule has 2 rings (SSSR count). The Balaban J connectivity index is 2.28. The summed E-state index contributed by atoms with van der Waals surface area (Å²) in [6.45, 7) is 5.48. The number of nitrogens with zero attached hydrogens (tertiary/aromatic N) is 1. The number of rotatable bonds is 4. The van der Waals surface area contributed by atoms with Crippen molar-refractivity contribution in [3.05, 3.63) is 11.3 Å². The van der Waals surface area contributed by atoms with E-state index in [4.69, 9.17) is 0 Å². The van der Waals surface area contributed by atoms with Crippen LogP contribution in [-0.4, -0.2) is 29.8 Å². The smallest absolute Gasteiger partial charge is 0.260 e. The van der Waals surface area contributed by atoms with E-state index in [9.17, 15) is 13.5 Å². The fraction of sp³-hybridized carbons (Fsp3) is 0.750. The molecule has 0 spiro atoms. The summed E-state index contributed by atoms with van der Waals surface area (Å²) >= 11 is 0. The van der Waals surface area contributed by atoms with Gasteiger partial charge in [0.05, 0.1) is 6.61 Å². The van der Waals surface area contributed by atoms with E-state index in [1.165, 1.54) is 0 Å². The van der Waals surface area contributed by atoms with Crippen molar-refractivity contribution < 1.29 is 13.5 Å². The molecular weight excluding hydrogens is 266 g/mol. The lowest BCUT2D eigenvalue weighted by Crippen LogP contribution is -2.41. The lowest BCUT2D eigenvalue weighted by Gasteiger charge is -2.27. The van der Waals surface area contributed by atoms with Gasteiger partial charge < -0.3 is 5.11 Å². The molecule has 0 saturated heterocycles. The van der Waals surface area contributed by atoms with Crippen LogP contribution in [-0.2, 0) is 16.6 Å². The molecule has 108 valence electrons. The Morgan fingerprint density at radius 2 is 2.21 bits per heavy atom. The standard InChI is InChI=1S/C12H21N3O3S/c1-8-9(7-16)11(14-13-8)19(17,18)15-10-5-4-6-12(10,2)3/h10,15-16H,4-7H2,1-3H3,(H,13,14). The molecule has 1 aliphatic rings. The molecule has 1 heterocycles. The highest BCUT2D eigenvalue weighted by Gasteiger charge is 2.38. The van der Waals surface area contributed by atoms with Crippen LogP contribution >= 0.6 is 0 Å². The maximum atomic E-state index is 12.4. The minimum Gasteiger partial charge on any atom is -0.392 e. The first-order valence-electron chi connectivity index (χ1n) is 6.45. The van der Waals surface area contributed by atoms with Crippen molar-refractivity contribution in [1.29, 1.82) is 0 Å². The molecule has 0 aromatic carbocycles. The summed E-state index contributed by atoms with van der Waals surface area (Å²) in [4.78, 5) is 0. The molecule has 6 nitrogen and oxygen atoms in total. The van der Waals surface area contributed by atoms with Gasteiger partial charge in [0.2, 0.25) is 0 Å². The summed E-state index contributed by atoms with van der Waals surface area (Å²) in [5, 5.41) is 15.6. The summed E-state index contributed by atoms with van der Waals surface area (Å²) in [6, 6.07) is -0.0824. The van der Waals surface area contributed by atoms with Crippen LogP contribution in [0.25, 0.3) is 0 Å². The van der Waals surface area contributed by atoms with Gasteiger partial charge in [0.15, 0.2) is 5.03 Å². The van der Waals surface area contributed by atoms with Gasteiger partial charge in [-0.25, -0.2) is 13.1 Å². The monoisotopic (exact) mass is 287 g/mol. The minimum atomic E-state index is -3.69. The molecule has 1 aromatic rings. The molecule has 3 N–H and O–H groups in total. The number of aromatic nitrogens is 2. The van der Waals surface area contributed by atoms with Gasteiger partial charge in [0.1, 0.15) is 0 Å². The largest absolute Gasteiger partial charge is 0.392 e. The zero-order valence-corrected chi connectivity index (χ0v) is 12.3. The highest BCUT2D eigenvalue weighted by Crippen LogP contribution is 2.38. The summed E-state index contributed by atoms with van der Waals surface area (Å²) in [6.07, 6.45) is 2.86. The van der Waals surface area contributed by atoms with Crippen LogP contribution in [0.4, 0.5) is 0 Å². The van der Waals surface area contributed by atoms with Crippen LogP contribution in [0.1, 0.15) is 44.4 Å². The first-order valence-corrected chi connectivity index (χ1v) is 7.93. The zero-order valence-electron chi connectivity index (χ0n) is 11.5. The fourth-order valence-electron chi connectivity index (χ4n) is 2.63. The van der Waals surface area contributed by atoms with Crippen LogP contribution in [0, 0.1) is 12.3 Å². The molecular formula is C12H21N3O3S. The van der Waals surface area contributed by atoms with Gasteiger partial charge in [-0.2, -0.15) is 5.10 Å². The van der Waals surface area contributed by atoms with Gasteiger partial charge >= 0.3 is 0 Å². The summed E-state index contributed by atoms with van der Waals surface area (Å²) < 4.78 is 27.5. The number of sulfonamides is 1. The Bertz CT molecular complexity index is 563. The van der Waals surface area contributed by atoms with E-state index in [0.29, 0.717) is 11.3 Å². The first kappa shape index (κ1) is 14.5. The topological polar surface area (TPSA) is 95.1 Å². The Hall–Kier alpha value is -0.920. The Kier molecular flexibility index (Phi) is 3.72. The van der Waals surface area contributed by atoms with Crippen LogP contribution in [0.3, 0.4) is 0 Å². The molecule has 1 aliphatic carbocycles. The fourth-order valence-corrected chi connectivity index (χ4v) is 4.26. The third-order valence-electron chi connectivity index (χ3n) is 4.00. The molecule has 0 bridgehead atoms. The number of aliphatic hydroxyl groups is 1. The van der Waals surface area contributed by atoms with Crippen LogP contribution in [0.15, 0.2) is 5.03 Å². The molecule has 7 heteroatoms. The van der Waals surface area contributed by atoms with E-state index < -0.39 is 10.0 Å². The second-order valence-electron chi connectivity index (χ2n) is 5.85. The van der Waals surface area contributed by atoms with Gasteiger partial charge in [-0.15, -0.1) is 0 Å². The Morgan fingerprint density at radius 1 is 1.53 bits per heavy atom. The maximum Gasteiger partial charge on any atom is 0.260 e. The lowest BCUT2D eigenvalue weighted by molar-refractivity contribution is 0.277. The van der Waals surface area contributed by atoms with Crippen molar-refractivity contribution in [1.82, 2.24) is 14.9 Å². The van der Waals surface area contributed by atoms with Crippen LogP contribution in [0.5, 0.6) is 0 Å². The number of hydrogen-bond acceptors (Lipinski definition) is 4. The van der Waals surface area contributed by atoms with E-state index in [-0.39, 0.29) is 23.1 Å². The molecule has 19 heavy (non-hydrogen) atoms. The molecule has 1 unspecified atom stereocenters. The quantitative estimate of drug-likeness (QED) is 0.772. The number of aromatic amines is 1. The van der Waals surface area contributed by atoms with E-state index in [1.54, 1.807) is 6.92 Å². The highest BCUT2D eigenvalue weighted by molar-refractivity contribution is 7.89. The highest BCUT2D eigenvalue weighted by atomic mass is 32.2. The van der Waals surface area contributed by atoms with Crippen molar-refractivity contribution in [2.75, 3.05) is 0 Å². The third kappa shape index (κ3) is 2.68. The first-order chi connectivity index (χ1) is 8.78. The van der Waals surface area contributed by atoms with Gasteiger partial charge in [0.25, 0.3) is 10.0 Å². The lowest BCUT2D eigenvalue weighted by atomic mass is 9.88. The summed E-state index contributed by atoms with van der Waals surface area (Å²) in [5.41, 5.74) is 0.870. The molecule has 0 aliphatic heterocycles. The Morgan fingerprint density at radius 3 is 2.74 bits per heavy atom. The number of nitrogens with one attached hydrogen (secondary N) is 2. The predicted molar refractivity (Wildman–Crippen MR) is 71.0 cm³/mol. The average molecular weight is 287 g/mol. The summed E-state index contributed by atoms with van der Waals surface area (Å²) in [7, 11) is -3.69. The number of aryl methyl sites for hydroxylation is 1. The van der Waals surface area contributed by atoms with Crippen molar-refractivity contribution >= 4 is 10.0 Å². The second-order valence-corrected chi connectivity index (χ2v) is 7.47. The molecule has 1 aromatic heterocycles. The van der Waals surface area contributed by atoms with Gasteiger partial charge in [0, 0.05) is 17.3 Å². The molecule has 0 radical (unpaired) electrons. The van der Waals surface area contributed by atoms with Gasteiger partial charge in [-0.1, -0.05) is 20.3 Å². The second kappa shape index (κ2) is 4.88. The molecule has 1 saturated carbocycles. The minimum absolute atomic E-state index is 0.0438. The van der Waals surface area contributed by atoms with E-state index >= 15 is 0 Å². The SMILES string of the molecule is Cc1[nH]nc(S(=O)(=O)NC2CCCC2(C)C)c1CO.